The molecule has 1 aromatic carbocycles. The van der Waals surface area contributed by atoms with Crippen molar-refractivity contribution in [2.75, 3.05) is 5.32 Å². The first-order valence-corrected chi connectivity index (χ1v) is 5.73. The van der Waals surface area contributed by atoms with Crippen LogP contribution in [-0.4, -0.2) is 4.98 Å². The zero-order chi connectivity index (χ0) is 12.4. The van der Waals surface area contributed by atoms with E-state index < -0.39 is 5.82 Å². The molecule has 0 radical (unpaired) electrons. The first-order chi connectivity index (χ1) is 8.06. The first kappa shape index (κ1) is 12.4. The number of halogens is 4. The molecule has 0 spiro atoms. The van der Waals surface area contributed by atoms with Crippen LogP contribution in [0, 0.1) is 5.82 Å². The predicted octanol–water partition coefficient (Wildman–Crippen LogP) is 4.92. The Morgan fingerprint density at radius 2 is 1.71 bits per heavy atom. The second kappa shape index (κ2) is 5.08. The molecule has 2 aromatic rings. The van der Waals surface area contributed by atoms with Crippen LogP contribution in [0.2, 0.25) is 15.1 Å². The van der Waals surface area contributed by atoms with Crippen LogP contribution in [0.4, 0.5) is 15.9 Å². The number of hydrogen-bond donors (Lipinski definition) is 1. The van der Waals surface area contributed by atoms with Crippen molar-refractivity contribution in [1.29, 1.82) is 0 Å². The molecule has 1 N–H and O–H groups in total. The Bertz CT molecular complexity index is 520. The molecule has 0 amide bonds. The summed E-state index contributed by atoms with van der Waals surface area (Å²) in [4.78, 5) is 4.02. The summed E-state index contributed by atoms with van der Waals surface area (Å²) in [7, 11) is 0. The number of anilines is 2. The molecule has 0 unspecified atom stereocenters. The molecule has 6 heteroatoms. The lowest BCUT2D eigenvalue weighted by molar-refractivity contribution is 0.628. The molecule has 2 nitrogen and oxygen atoms in total. The molecular weight excluding hydrogens is 285 g/mol. The number of hydrogen-bond acceptors (Lipinski definition) is 2. The van der Waals surface area contributed by atoms with Gasteiger partial charge in [-0.3, -0.25) is 0 Å². The maximum atomic E-state index is 13.0. The number of benzene rings is 1. The number of nitrogens with one attached hydrogen (secondary N) is 1. The van der Waals surface area contributed by atoms with E-state index in [1.807, 2.05) is 0 Å². The summed E-state index contributed by atoms with van der Waals surface area (Å²) < 4.78 is 13.0. The summed E-state index contributed by atoms with van der Waals surface area (Å²) in [6.45, 7) is 0. The van der Waals surface area contributed by atoms with Gasteiger partial charge in [0.2, 0.25) is 0 Å². The average Bonchev–Trinajstić information content (AvgIpc) is 2.26. The Balaban J connectivity index is 2.33. The molecule has 0 saturated heterocycles. The second-order valence-electron chi connectivity index (χ2n) is 3.23. The zero-order valence-corrected chi connectivity index (χ0v) is 10.6. The lowest BCUT2D eigenvalue weighted by atomic mass is 10.3. The van der Waals surface area contributed by atoms with Crippen molar-refractivity contribution < 1.29 is 4.39 Å². The normalized spacial score (nSPS) is 10.4. The molecule has 17 heavy (non-hydrogen) atoms. The van der Waals surface area contributed by atoms with Crippen LogP contribution in [0.25, 0.3) is 0 Å². The molecule has 1 aromatic heterocycles. The molecule has 0 fully saturated rings. The molecule has 0 aliphatic heterocycles. The minimum Gasteiger partial charge on any atom is -0.338 e. The highest BCUT2D eigenvalue weighted by atomic mass is 35.5. The minimum absolute atomic E-state index is 0.187. The first-order valence-electron chi connectivity index (χ1n) is 4.59. The van der Waals surface area contributed by atoms with E-state index >= 15 is 0 Å². The number of nitrogens with zero attached hydrogens (tertiary/aromatic N) is 1. The van der Waals surface area contributed by atoms with E-state index in [1.165, 1.54) is 18.3 Å². The van der Waals surface area contributed by atoms with Gasteiger partial charge in [-0.2, -0.15) is 0 Å². The Kier molecular flexibility index (Phi) is 3.72. The molecule has 0 saturated carbocycles. The van der Waals surface area contributed by atoms with E-state index in [0.717, 1.165) is 0 Å². The van der Waals surface area contributed by atoms with E-state index in [-0.39, 0.29) is 10.0 Å². The molecule has 88 valence electrons. The average molecular weight is 292 g/mol. The third-order valence-corrected chi connectivity index (χ3v) is 2.81. The summed E-state index contributed by atoms with van der Waals surface area (Å²) in [5.74, 6) is 0.0272. The van der Waals surface area contributed by atoms with Crippen LogP contribution in [0.15, 0.2) is 30.5 Å². The van der Waals surface area contributed by atoms with Crippen LogP contribution >= 0.6 is 34.8 Å². The maximum absolute atomic E-state index is 13.0. The summed E-state index contributed by atoms with van der Waals surface area (Å²) in [5.41, 5.74) is 0.407. The van der Waals surface area contributed by atoms with Gasteiger partial charge in [-0.25, -0.2) is 9.37 Å². The van der Waals surface area contributed by atoms with Crippen molar-refractivity contribution in [3.63, 3.8) is 0 Å². The topological polar surface area (TPSA) is 24.9 Å². The highest BCUT2D eigenvalue weighted by Gasteiger charge is 2.09. The zero-order valence-electron chi connectivity index (χ0n) is 8.35. The van der Waals surface area contributed by atoms with Crippen molar-refractivity contribution in [2.24, 2.45) is 0 Å². The fourth-order valence-corrected chi connectivity index (χ4v) is 1.91. The molecule has 1 heterocycles. The van der Waals surface area contributed by atoms with Crippen LogP contribution in [0.1, 0.15) is 0 Å². The van der Waals surface area contributed by atoms with Crippen molar-refractivity contribution in [1.82, 2.24) is 4.98 Å². The van der Waals surface area contributed by atoms with Gasteiger partial charge >= 0.3 is 0 Å². The van der Waals surface area contributed by atoms with Crippen molar-refractivity contribution in [3.8, 4) is 0 Å². The lowest BCUT2D eigenvalue weighted by Gasteiger charge is -2.09. The van der Waals surface area contributed by atoms with Gasteiger partial charge in [0.05, 0.1) is 20.8 Å². The highest BCUT2D eigenvalue weighted by Crippen LogP contribution is 2.33. The quantitative estimate of drug-likeness (QED) is 0.849. The van der Waals surface area contributed by atoms with E-state index in [2.05, 4.69) is 10.3 Å². The third kappa shape index (κ3) is 3.00. The van der Waals surface area contributed by atoms with E-state index in [1.54, 1.807) is 12.1 Å². The van der Waals surface area contributed by atoms with Gasteiger partial charge in [-0.1, -0.05) is 34.8 Å². The van der Waals surface area contributed by atoms with Gasteiger partial charge in [0.1, 0.15) is 11.6 Å². The Labute approximate surface area is 112 Å². The largest absolute Gasteiger partial charge is 0.338 e. The summed E-state index contributed by atoms with van der Waals surface area (Å²) in [5, 5.41) is 3.79. The van der Waals surface area contributed by atoms with E-state index in [9.17, 15) is 4.39 Å². The number of pyridine rings is 1. The Morgan fingerprint density at radius 3 is 2.24 bits per heavy atom. The minimum atomic E-state index is -0.491. The summed E-state index contributed by atoms with van der Waals surface area (Å²) in [6, 6.07) is 5.68. The van der Waals surface area contributed by atoms with Crippen LogP contribution < -0.4 is 5.32 Å². The highest BCUT2D eigenvalue weighted by molar-refractivity contribution is 6.39. The standard InChI is InChI=1S/C11H6Cl3FN2/c12-6-1-2-10(16-5-6)17-11-8(13)3-7(15)4-9(11)14/h1-5H,(H,16,17). The van der Waals surface area contributed by atoms with Crippen molar-refractivity contribution >= 4 is 46.3 Å². The van der Waals surface area contributed by atoms with Crippen LogP contribution in [0.5, 0.6) is 0 Å². The SMILES string of the molecule is Fc1cc(Cl)c(Nc2ccc(Cl)cn2)c(Cl)c1. The van der Waals surface area contributed by atoms with Gasteiger partial charge < -0.3 is 5.32 Å². The second-order valence-corrected chi connectivity index (χ2v) is 4.48. The smallest absolute Gasteiger partial charge is 0.130 e. The van der Waals surface area contributed by atoms with Gasteiger partial charge in [0.15, 0.2) is 0 Å². The van der Waals surface area contributed by atoms with Crippen LogP contribution in [-0.2, 0) is 0 Å². The van der Waals surface area contributed by atoms with Crippen LogP contribution in [0.3, 0.4) is 0 Å². The number of rotatable bonds is 2. The van der Waals surface area contributed by atoms with E-state index in [4.69, 9.17) is 34.8 Å². The fourth-order valence-electron chi connectivity index (χ4n) is 1.24. The summed E-state index contributed by atoms with van der Waals surface area (Å²) in [6.07, 6.45) is 1.48. The molecule has 0 bridgehead atoms. The maximum Gasteiger partial charge on any atom is 0.130 e. The van der Waals surface area contributed by atoms with Gasteiger partial charge in [-0.15, -0.1) is 0 Å². The monoisotopic (exact) mass is 290 g/mol. The molecule has 0 aliphatic rings. The van der Waals surface area contributed by atoms with Gasteiger partial charge in [0.25, 0.3) is 0 Å². The van der Waals surface area contributed by atoms with Crippen molar-refractivity contribution in [3.05, 3.63) is 51.3 Å². The molecule has 0 aliphatic carbocycles. The Morgan fingerprint density at radius 1 is 1.06 bits per heavy atom. The molecule has 2 rings (SSSR count). The number of aromatic nitrogens is 1. The fraction of sp³-hybridized carbons (Fsp3) is 0. The van der Waals surface area contributed by atoms with Crippen molar-refractivity contribution in [2.45, 2.75) is 0 Å². The summed E-state index contributed by atoms with van der Waals surface area (Å²) >= 11 is 17.5. The van der Waals surface area contributed by atoms with Gasteiger partial charge in [0, 0.05) is 6.20 Å². The van der Waals surface area contributed by atoms with Gasteiger partial charge in [-0.05, 0) is 24.3 Å². The molecular formula is C11H6Cl3FN2. The molecule has 0 atom stereocenters. The Hall–Kier alpha value is -1.03. The third-order valence-electron chi connectivity index (χ3n) is 1.99. The predicted molar refractivity (Wildman–Crippen MR) is 68.9 cm³/mol. The lowest BCUT2D eigenvalue weighted by Crippen LogP contribution is -1.95. The van der Waals surface area contributed by atoms with E-state index in [0.29, 0.717) is 16.5 Å².